The molecule has 6 nitrogen and oxygen atoms in total. The summed E-state index contributed by atoms with van der Waals surface area (Å²) in [7, 11) is -3.43. The van der Waals surface area contributed by atoms with E-state index in [0.29, 0.717) is 30.7 Å². The van der Waals surface area contributed by atoms with Gasteiger partial charge in [-0.15, -0.1) is 6.42 Å². The molecule has 1 fully saturated rings. The maximum atomic E-state index is 12.7. The highest BCUT2D eigenvalue weighted by molar-refractivity contribution is 7.88. The lowest BCUT2D eigenvalue weighted by atomic mass is 10.1. The molecule has 1 aromatic carbocycles. The van der Waals surface area contributed by atoms with Crippen LogP contribution in [0.3, 0.4) is 0 Å². The number of hydrogen-bond acceptors (Lipinski definition) is 4. The molecule has 0 saturated carbocycles. The SMILES string of the molecule is C#CCn1c(=NC(=O)C2CCCN2S(C)(=O)=O)sc2cc(C)c(C)cc21. The van der Waals surface area contributed by atoms with E-state index in [2.05, 4.69) is 17.0 Å². The highest BCUT2D eigenvalue weighted by Crippen LogP contribution is 2.23. The summed E-state index contributed by atoms with van der Waals surface area (Å²) >= 11 is 1.39. The van der Waals surface area contributed by atoms with Gasteiger partial charge in [0.25, 0.3) is 5.91 Å². The summed E-state index contributed by atoms with van der Waals surface area (Å²) in [4.78, 5) is 17.5. The lowest BCUT2D eigenvalue weighted by Gasteiger charge is -2.18. The largest absolute Gasteiger partial charge is 0.305 e. The Kier molecular flexibility index (Phi) is 5.06. The summed E-state index contributed by atoms with van der Waals surface area (Å²) in [5.41, 5.74) is 3.23. The van der Waals surface area contributed by atoms with Crippen LogP contribution in [0, 0.1) is 26.2 Å². The van der Waals surface area contributed by atoms with Gasteiger partial charge in [-0.25, -0.2) is 8.42 Å². The van der Waals surface area contributed by atoms with Crippen molar-refractivity contribution in [2.24, 2.45) is 4.99 Å². The standard InChI is InChI=1S/C18H21N3O3S2/c1-5-8-20-15-10-12(2)13(3)11-16(15)25-18(20)19-17(22)14-7-6-9-21(14)26(4,23)24/h1,10-11,14H,6-9H2,2-4H3. The van der Waals surface area contributed by atoms with Crippen LogP contribution in [-0.2, 0) is 21.4 Å². The van der Waals surface area contributed by atoms with Crippen molar-refractivity contribution in [3.05, 3.63) is 28.1 Å². The first kappa shape index (κ1) is 18.8. The fourth-order valence-electron chi connectivity index (χ4n) is 3.20. The monoisotopic (exact) mass is 391 g/mol. The highest BCUT2D eigenvalue weighted by atomic mass is 32.2. The van der Waals surface area contributed by atoms with Crippen LogP contribution in [0.5, 0.6) is 0 Å². The van der Waals surface area contributed by atoms with Crippen molar-refractivity contribution in [1.82, 2.24) is 8.87 Å². The number of hydrogen-bond donors (Lipinski definition) is 0. The third-order valence-corrected chi connectivity index (χ3v) is 7.00. The number of carbonyl (C=O) groups excluding carboxylic acids is 1. The number of amides is 1. The number of carbonyl (C=O) groups is 1. The maximum absolute atomic E-state index is 12.7. The fourth-order valence-corrected chi connectivity index (χ4v) is 5.44. The zero-order chi connectivity index (χ0) is 19.1. The maximum Gasteiger partial charge on any atom is 0.266 e. The number of sulfonamides is 1. The van der Waals surface area contributed by atoms with Crippen LogP contribution in [0.4, 0.5) is 0 Å². The lowest BCUT2D eigenvalue weighted by molar-refractivity contribution is -0.121. The molecule has 1 atom stereocenters. The summed E-state index contributed by atoms with van der Waals surface area (Å²) in [5, 5.41) is 0. The Morgan fingerprint density at radius 2 is 2.08 bits per heavy atom. The van der Waals surface area contributed by atoms with Crippen LogP contribution in [0.25, 0.3) is 10.2 Å². The number of rotatable bonds is 3. The van der Waals surface area contributed by atoms with E-state index < -0.39 is 22.0 Å². The second kappa shape index (κ2) is 6.99. The number of aromatic nitrogens is 1. The molecule has 1 aromatic heterocycles. The average Bonchev–Trinajstić information content (AvgIpc) is 3.15. The Hall–Kier alpha value is -1.95. The van der Waals surface area contributed by atoms with Gasteiger partial charge in [0.2, 0.25) is 10.0 Å². The van der Waals surface area contributed by atoms with Crippen molar-refractivity contribution in [2.45, 2.75) is 39.3 Å². The average molecular weight is 392 g/mol. The van der Waals surface area contributed by atoms with Crippen LogP contribution in [0.1, 0.15) is 24.0 Å². The Morgan fingerprint density at radius 1 is 1.38 bits per heavy atom. The van der Waals surface area contributed by atoms with E-state index in [1.165, 1.54) is 15.6 Å². The second-order valence-corrected chi connectivity index (χ2v) is 9.51. The van der Waals surface area contributed by atoms with E-state index in [9.17, 15) is 13.2 Å². The molecule has 0 N–H and O–H groups in total. The van der Waals surface area contributed by atoms with E-state index >= 15 is 0 Å². The smallest absolute Gasteiger partial charge is 0.266 e. The van der Waals surface area contributed by atoms with Crippen LogP contribution >= 0.6 is 11.3 Å². The van der Waals surface area contributed by atoms with Gasteiger partial charge in [0.15, 0.2) is 4.80 Å². The van der Waals surface area contributed by atoms with Crippen molar-refractivity contribution < 1.29 is 13.2 Å². The Labute approximate surface area is 157 Å². The van der Waals surface area contributed by atoms with Gasteiger partial charge in [-0.05, 0) is 49.9 Å². The van der Waals surface area contributed by atoms with Gasteiger partial charge in [0, 0.05) is 6.54 Å². The van der Waals surface area contributed by atoms with Crippen LogP contribution < -0.4 is 4.80 Å². The first-order chi connectivity index (χ1) is 12.2. The van der Waals surface area contributed by atoms with Gasteiger partial charge in [-0.1, -0.05) is 17.3 Å². The van der Waals surface area contributed by atoms with Crippen molar-refractivity contribution >= 4 is 37.5 Å². The van der Waals surface area contributed by atoms with Gasteiger partial charge < -0.3 is 4.57 Å². The van der Waals surface area contributed by atoms with Crippen molar-refractivity contribution in [3.63, 3.8) is 0 Å². The topological polar surface area (TPSA) is 71.7 Å². The number of fused-ring (bicyclic) bond motifs is 1. The fraction of sp³-hybridized carbons (Fsp3) is 0.444. The van der Waals surface area contributed by atoms with E-state index in [0.717, 1.165) is 27.6 Å². The quantitative estimate of drug-likeness (QED) is 0.749. The van der Waals surface area contributed by atoms with Crippen LogP contribution in [-0.4, -0.2) is 42.0 Å². The summed E-state index contributed by atoms with van der Waals surface area (Å²) in [6, 6.07) is 3.38. The zero-order valence-electron chi connectivity index (χ0n) is 15.0. The number of thiazole rings is 1. The molecule has 0 bridgehead atoms. The molecule has 3 rings (SSSR count). The Bertz CT molecular complexity index is 1090. The molecular weight excluding hydrogens is 370 g/mol. The number of terminal acetylenes is 1. The molecule has 0 radical (unpaired) electrons. The van der Waals surface area contributed by atoms with E-state index in [1.54, 1.807) is 0 Å². The first-order valence-corrected chi connectivity index (χ1v) is 11.0. The molecule has 8 heteroatoms. The first-order valence-electron chi connectivity index (χ1n) is 8.32. The lowest BCUT2D eigenvalue weighted by Crippen LogP contribution is -2.39. The van der Waals surface area contributed by atoms with Crippen molar-refractivity contribution in [1.29, 1.82) is 0 Å². The minimum Gasteiger partial charge on any atom is -0.305 e. The summed E-state index contributed by atoms with van der Waals surface area (Å²) in [6.45, 7) is 4.72. The van der Waals surface area contributed by atoms with Crippen LogP contribution in [0.15, 0.2) is 17.1 Å². The van der Waals surface area contributed by atoms with E-state index in [1.807, 2.05) is 24.5 Å². The highest BCUT2D eigenvalue weighted by Gasteiger charge is 2.36. The Morgan fingerprint density at radius 3 is 2.73 bits per heavy atom. The predicted molar refractivity (Wildman–Crippen MR) is 103 cm³/mol. The van der Waals surface area contributed by atoms with E-state index in [-0.39, 0.29) is 0 Å². The number of aryl methyl sites for hydroxylation is 2. The Balaban J connectivity index is 2.10. The summed E-state index contributed by atoms with van der Waals surface area (Å²) < 4.78 is 27.9. The third kappa shape index (κ3) is 3.47. The van der Waals surface area contributed by atoms with Crippen LogP contribution in [0.2, 0.25) is 0 Å². The predicted octanol–water partition coefficient (Wildman–Crippen LogP) is 1.80. The molecule has 26 heavy (non-hydrogen) atoms. The number of benzene rings is 1. The molecular formula is C18H21N3O3S2. The van der Waals surface area contributed by atoms with Gasteiger partial charge in [-0.2, -0.15) is 9.30 Å². The van der Waals surface area contributed by atoms with E-state index in [4.69, 9.17) is 6.42 Å². The van der Waals surface area contributed by atoms with Crippen molar-refractivity contribution in [3.8, 4) is 12.3 Å². The van der Waals surface area contributed by atoms with Gasteiger partial charge in [0.05, 0.1) is 23.0 Å². The third-order valence-electron chi connectivity index (χ3n) is 4.67. The normalized spacial score (nSPS) is 19.2. The minimum absolute atomic E-state index is 0.301. The summed E-state index contributed by atoms with van der Waals surface area (Å²) in [5.74, 6) is 2.17. The molecule has 1 aliphatic heterocycles. The van der Waals surface area contributed by atoms with Crippen molar-refractivity contribution in [2.75, 3.05) is 12.8 Å². The molecule has 0 aliphatic carbocycles. The molecule has 1 amide bonds. The number of nitrogens with zero attached hydrogens (tertiary/aromatic N) is 3. The molecule has 1 aliphatic rings. The molecule has 0 spiro atoms. The minimum atomic E-state index is -3.43. The summed E-state index contributed by atoms with van der Waals surface area (Å²) in [6.07, 6.45) is 7.78. The molecule has 2 aromatic rings. The molecule has 2 heterocycles. The molecule has 138 valence electrons. The molecule has 1 unspecified atom stereocenters. The molecule has 1 saturated heterocycles. The van der Waals surface area contributed by atoms with Gasteiger partial charge in [-0.3, -0.25) is 4.79 Å². The van der Waals surface area contributed by atoms with Gasteiger partial charge in [0.1, 0.15) is 6.04 Å². The zero-order valence-corrected chi connectivity index (χ0v) is 16.7. The second-order valence-electron chi connectivity index (χ2n) is 6.56. The van der Waals surface area contributed by atoms with Gasteiger partial charge >= 0.3 is 0 Å².